The summed E-state index contributed by atoms with van der Waals surface area (Å²) in [4.78, 5) is 16.1. The van der Waals surface area contributed by atoms with Gasteiger partial charge >= 0.3 is 0 Å². The van der Waals surface area contributed by atoms with Gasteiger partial charge in [-0.15, -0.1) is 0 Å². The minimum Gasteiger partial charge on any atom is -0.495 e. The zero-order chi connectivity index (χ0) is 15.5. The van der Waals surface area contributed by atoms with Crippen LogP contribution in [0.25, 0.3) is 0 Å². The number of amides is 1. The van der Waals surface area contributed by atoms with Crippen LogP contribution >= 0.6 is 11.6 Å². The van der Waals surface area contributed by atoms with Crippen molar-refractivity contribution >= 4 is 28.9 Å². The van der Waals surface area contributed by atoms with Crippen LogP contribution in [0.3, 0.4) is 0 Å². The summed E-state index contributed by atoms with van der Waals surface area (Å²) in [6.45, 7) is 0. The molecule has 1 aliphatic carbocycles. The first-order valence-corrected chi connectivity index (χ1v) is 7.41. The minimum absolute atomic E-state index is 0.140. The molecule has 1 aromatic carbocycles. The number of carbonyl (C=O) groups is 1. The van der Waals surface area contributed by atoms with E-state index >= 15 is 0 Å². The van der Waals surface area contributed by atoms with Crippen LogP contribution in [0.2, 0.25) is 5.02 Å². The van der Waals surface area contributed by atoms with E-state index in [1.165, 1.54) is 0 Å². The van der Waals surface area contributed by atoms with Gasteiger partial charge in [0.15, 0.2) is 0 Å². The minimum atomic E-state index is -0.140. The molecule has 0 saturated heterocycles. The monoisotopic (exact) mass is 317 g/mol. The van der Waals surface area contributed by atoms with Gasteiger partial charge in [-0.2, -0.15) is 0 Å². The first kappa shape index (κ1) is 14.7. The van der Waals surface area contributed by atoms with E-state index in [1.54, 1.807) is 37.6 Å². The van der Waals surface area contributed by atoms with Crippen molar-refractivity contribution in [2.24, 2.45) is 0 Å². The van der Waals surface area contributed by atoms with E-state index in [9.17, 15) is 4.79 Å². The average molecular weight is 318 g/mol. The zero-order valence-corrected chi connectivity index (χ0v) is 12.9. The summed E-state index contributed by atoms with van der Waals surface area (Å²) in [5.74, 6) is 0.477. The highest BCUT2D eigenvalue weighted by atomic mass is 35.5. The molecule has 22 heavy (non-hydrogen) atoms. The van der Waals surface area contributed by atoms with Gasteiger partial charge in [0.2, 0.25) is 0 Å². The Morgan fingerprint density at radius 3 is 2.73 bits per heavy atom. The Hall–Kier alpha value is -2.27. The summed E-state index contributed by atoms with van der Waals surface area (Å²) in [6, 6.07) is 9.24. The van der Waals surface area contributed by atoms with E-state index < -0.39 is 0 Å². The number of nitrogens with zero attached hydrogens (tertiary/aromatic N) is 1. The SMILES string of the molecule is COc1ccc(Nc2ccnc(C(=O)NC3CC3)c2)cc1Cl. The maximum absolute atomic E-state index is 12.0. The van der Waals surface area contributed by atoms with Crippen molar-refractivity contribution in [2.75, 3.05) is 12.4 Å². The first-order valence-electron chi connectivity index (χ1n) is 7.03. The van der Waals surface area contributed by atoms with Crippen molar-refractivity contribution in [3.8, 4) is 5.75 Å². The number of methoxy groups -OCH3 is 1. The van der Waals surface area contributed by atoms with E-state index in [-0.39, 0.29) is 5.91 Å². The van der Waals surface area contributed by atoms with Crippen LogP contribution in [-0.4, -0.2) is 24.0 Å². The van der Waals surface area contributed by atoms with E-state index in [4.69, 9.17) is 16.3 Å². The van der Waals surface area contributed by atoms with Crippen molar-refractivity contribution in [1.29, 1.82) is 0 Å². The fourth-order valence-corrected chi connectivity index (χ4v) is 2.29. The normalized spacial score (nSPS) is 13.5. The van der Waals surface area contributed by atoms with Crippen LogP contribution in [0.1, 0.15) is 23.3 Å². The van der Waals surface area contributed by atoms with Crippen LogP contribution in [0.4, 0.5) is 11.4 Å². The molecule has 0 unspecified atom stereocenters. The summed E-state index contributed by atoms with van der Waals surface area (Å²) in [6.07, 6.45) is 3.71. The number of anilines is 2. The highest BCUT2D eigenvalue weighted by Gasteiger charge is 2.24. The topological polar surface area (TPSA) is 63.2 Å². The number of rotatable bonds is 5. The molecule has 1 saturated carbocycles. The lowest BCUT2D eigenvalue weighted by atomic mass is 10.2. The van der Waals surface area contributed by atoms with E-state index in [0.29, 0.717) is 22.5 Å². The third kappa shape index (κ3) is 3.49. The predicted molar refractivity (Wildman–Crippen MR) is 86.0 cm³/mol. The number of hydrogen-bond donors (Lipinski definition) is 2. The number of benzene rings is 1. The van der Waals surface area contributed by atoms with Gasteiger partial charge in [-0.1, -0.05) is 11.6 Å². The summed E-state index contributed by atoms with van der Waals surface area (Å²) in [5, 5.41) is 6.64. The predicted octanol–water partition coefficient (Wildman–Crippen LogP) is 3.38. The molecule has 0 bridgehead atoms. The van der Waals surface area contributed by atoms with Gasteiger partial charge in [0.25, 0.3) is 5.91 Å². The van der Waals surface area contributed by atoms with Gasteiger partial charge in [0, 0.05) is 23.6 Å². The number of hydrogen-bond acceptors (Lipinski definition) is 4. The van der Waals surface area contributed by atoms with Gasteiger partial charge in [0.05, 0.1) is 12.1 Å². The molecule has 0 atom stereocenters. The maximum Gasteiger partial charge on any atom is 0.270 e. The summed E-state index contributed by atoms with van der Waals surface area (Å²) in [5.41, 5.74) is 1.99. The van der Waals surface area contributed by atoms with Gasteiger partial charge in [-0.25, -0.2) is 0 Å². The third-order valence-electron chi connectivity index (χ3n) is 3.35. The molecule has 5 nitrogen and oxygen atoms in total. The molecular weight excluding hydrogens is 302 g/mol. The smallest absolute Gasteiger partial charge is 0.270 e. The Morgan fingerprint density at radius 2 is 2.05 bits per heavy atom. The molecule has 3 rings (SSSR count). The summed E-state index contributed by atoms with van der Waals surface area (Å²) >= 11 is 6.10. The molecule has 1 aromatic heterocycles. The Kier molecular flexibility index (Phi) is 4.15. The molecular formula is C16H16ClN3O2. The first-order chi connectivity index (χ1) is 10.7. The zero-order valence-electron chi connectivity index (χ0n) is 12.1. The van der Waals surface area contributed by atoms with Crippen molar-refractivity contribution in [2.45, 2.75) is 18.9 Å². The lowest BCUT2D eigenvalue weighted by molar-refractivity contribution is 0.0946. The summed E-state index contributed by atoms with van der Waals surface area (Å²) < 4.78 is 5.12. The number of pyridine rings is 1. The van der Waals surface area contributed by atoms with Crippen LogP contribution in [-0.2, 0) is 0 Å². The van der Waals surface area contributed by atoms with Crippen molar-refractivity contribution < 1.29 is 9.53 Å². The highest BCUT2D eigenvalue weighted by Crippen LogP contribution is 2.29. The Labute approximate surface area is 133 Å². The quantitative estimate of drug-likeness (QED) is 0.887. The van der Waals surface area contributed by atoms with Crippen LogP contribution < -0.4 is 15.4 Å². The van der Waals surface area contributed by atoms with Crippen molar-refractivity contribution in [1.82, 2.24) is 10.3 Å². The van der Waals surface area contributed by atoms with Crippen LogP contribution in [0, 0.1) is 0 Å². The van der Waals surface area contributed by atoms with E-state index in [2.05, 4.69) is 15.6 Å². The van der Waals surface area contributed by atoms with Crippen LogP contribution in [0.5, 0.6) is 5.75 Å². The molecule has 0 spiro atoms. The highest BCUT2D eigenvalue weighted by molar-refractivity contribution is 6.32. The number of nitrogens with one attached hydrogen (secondary N) is 2. The molecule has 2 aromatic rings. The second-order valence-electron chi connectivity index (χ2n) is 5.15. The van der Waals surface area contributed by atoms with Gasteiger partial charge in [-0.3, -0.25) is 9.78 Å². The van der Waals surface area contributed by atoms with Gasteiger partial charge < -0.3 is 15.4 Å². The van der Waals surface area contributed by atoms with E-state index in [0.717, 1.165) is 24.2 Å². The maximum atomic E-state index is 12.0. The number of aromatic nitrogens is 1. The largest absolute Gasteiger partial charge is 0.495 e. The molecule has 2 N–H and O–H groups in total. The Balaban J connectivity index is 1.74. The van der Waals surface area contributed by atoms with Gasteiger partial charge in [-0.05, 0) is 43.2 Å². The second kappa shape index (κ2) is 6.23. The molecule has 6 heteroatoms. The number of ether oxygens (including phenoxy) is 1. The van der Waals surface area contributed by atoms with Gasteiger partial charge in [0.1, 0.15) is 11.4 Å². The van der Waals surface area contributed by atoms with Crippen molar-refractivity contribution in [3.63, 3.8) is 0 Å². The molecule has 1 aliphatic rings. The summed E-state index contributed by atoms with van der Waals surface area (Å²) in [7, 11) is 1.57. The lowest BCUT2D eigenvalue weighted by Gasteiger charge is -2.10. The van der Waals surface area contributed by atoms with E-state index in [1.807, 2.05) is 6.07 Å². The fourth-order valence-electron chi connectivity index (χ4n) is 2.03. The number of halogens is 1. The molecule has 1 fully saturated rings. The number of carbonyl (C=O) groups excluding carboxylic acids is 1. The lowest BCUT2D eigenvalue weighted by Crippen LogP contribution is -2.26. The van der Waals surface area contributed by atoms with Crippen LogP contribution in [0.15, 0.2) is 36.5 Å². The Morgan fingerprint density at radius 1 is 1.27 bits per heavy atom. The molecule has 0 aliphatic heterocycles. The fraction of sp³-hybridized carbons (Fsp3) is 0.250. The second-order valence-corrected chi connectivity index (χ2v) is 5.56. The van der Waals surface area contributed by atoms with Crippen molar-refractivity contribution in [3.05, 3.63) is 47.2 Å². The standard InChI is InChI=1S/C16H16ClN3O2/c1-22-15-5-4-11(8-13(15)17)19-12-6-7-18-14(9-12)16(21)20-10-2-3-10/h4-10H,2-3H2,1H3,(H,18,19)(H,20,21). The molecule has 1 amide bonds. The average Bonchev–Trinajstić information content (AvgIpc) is 3.32. The molecule has 1 heterocycles. The third-order valence-corrected chi connectivity index (χ3v) is 3.64. The molecule has 0 radical (unpaired) electrons. The Bertz CT molecular complexity index is 702. The molecule has 114 valence electrons.